The molecule has 1 aliphatic rings. The van der Waals surface area contributed by atoms with Crippen LogP contribution in [0, 0.1) is 0 Å². The van der Waals surface area contributed by atoms with E-state index in [1.54, 1.807) is 22.8 Å². The number of hydrogen-bond donors (Lipinski definition) is 4. The average Bonchev–Trinajstić information content (AvgIpc) is 3.58. The van der Waals surface area contributed by atoms with Crippen molar-refractivity contribution in [1.29, 1.82) is 0 Å². The highest BCUT2D eigenvalue weighted by molar-refractivity contribution is 6.34. The number of nitrogens with zero attached hydrogens (tertiary/aromatic N) is 4. The SMILES string of the molecule is O=C(CCCOc1cc(Cl)cc(Cl)c1)N[C@@H]1[C@H](O)[C@@H](CO)O[C@H]1n1cnc2c(NCc3ccc4ccccc4c3)ncnc21. The molecule has 1 amide bonds. The number of aromatic nitrogens is 4. The molecule has 0 bridgehead atoms. The second-order valence-electron chi connectivity index (χ2n) is 10.5. The number of ether oxygens (including phenoxy) is 2. The van der Waals surface area contributed by atoms with Crippen LogP contribution in [-0.4, -0.2) is 67.1 Å². The molecule has 0 saturated carbocycles. The number of carbonyl (C=O) groups is 1. The van der Waals surface area contributed by atoms with Crippen LogP contribution in [0.3, 0.4) is 0 Å². The van der Waals surface area contributed by atoms with Crippen LogP contribution in [0.15, 0.2) is 73.3 Å². The molecular formula is C31H30Cl2N6O5. The van der Waals surface area contributed by atoms with Gasteiger partial charge in [-0.05, 0) is 47.0 Å². The number of rotatable bonds is 11. The van der Waals surface area contributed by atoms with Gasteiger partial charge in [-0.25, -0.2) is 15.0 Å². The average molecular weight is 638 g/mol. The number of halogens is 2. The molecule has 2 aromatic heterocycles. The predicted octanol–water partition coefficient (Wildman–Crippen LogP) is 4.49. The van der Waals surface area contributed by atoms with Gasteiger partial charge in [0, 0.05) is 23.0 Å². The highest BCUT2D eigenvalue weighted by Gasteiger charge is 2.45. The van der Waals surface area contributed by atoms with Crippen LogP contribution in [0.25, 0.3) is 21.9 Å². The maximum Gasteiger partial charge on any atom is 0.220 e. The van der Waals surface area contributed by atoms with Crippen molar-refractivity contribution in [3.8, 4) is 5.75 Å². The Balaban J connectivity index is 1.13. The highest BCUT2D eigenvalue weighted by Crippen LogP contribution is 2.33. The van der Waals surface area contributed by atoms with Crippen LogP contribution in [0.4, 0.5) is 5.82 Å². The van der Waals surface area contributed by atoms with Gasteiger partial charge in [-0.3, -0.25) is 9.36 Å². The summed E-state index contributed by atoms with van der Waals surface area (Å²) in [5.74, 6) is 0.722. The molecule has 3 heterocycles. The molecule has 5 aromatic rings. The molecule has 13 heteroatoms. The van der Waals surface area contributed by atoms with Gasteiger partial charge in [0.2, 0.25) is 5.91 Å². The molecule has 1 aliphatic heterocycles. The number of nitrogens with one attached hydrogen (secondary N) is 2. The lowest BCUT2D eigenvalue weighted by molar-refractivity contribution is -0.123. The first-order valence-electron chi connectivity index (χ1n) is 14.1. The van der Waals surface area contributed by atoms with Crippen LogP contribution < -0.4 is 15.4 Å². The third-order valence-electron chi connectivity index (χ3n) is 7.44. The van der Waals surface area contributed by atoms with Crippen LogP contribution in [0.1, 0.15) is 24.6 Å². The van der Waals surface area contributed by atoms with Crippen LogP contribution >= 0.6 is 23.2 Å². The third-order valence-corrected chi connectivity index (χ3v) is 7.87. The van der Waals surface area contributed by atoms with Crippen molar-refractivity contribution in [2.75, 3.05) is 18.5 Å². The Morgan fingerprint density at radius 3 is 2.61 bits per heavy atom. The molecule has 228 valence electrons. The summed E-state index contributed by atoms with van der Waals surface area (Å²) in [6, 6.07) is 18.4. The molecule has 3 aromatic carbocycles. The summed E-state index contributed by atoms with van der Waals surface area (Å²) in [5, 5.41) is 30.2. The third kappa shape index (κ3) is 6.57. The smallest absolute Gasteiger partial charge is 0.220 e. The summed E-state index contributed by atoms with van der Waals surface area (Å²) in [6.07, 6.45) is 0.531. The van der Waals surface area contributed by atoms with Gasteiger partial charge in [0.25, 0.3) is 0 Å². The fourth-order valence-corrected chi connectivity index (χ4v) is 5.79. The number of aliphatic hydroxyl groups excluding tert-OH is 2. The molecule has 4 N–H and O–H groups in total. The van der Waals surface area contributed by atoms with Crippen molar-refractivity contribution < 1.29 is 24.5 Å². The van der Waals surface area contributed by atoms with E-state index in [9.17, 15) is 15.0 Å². The normalized spacial score (nSPS) is 19.8. The van der Waals surface area contributed by atoms with Crippen LogP contribution in [0.5, 0.6) is 5.75 Å². The Morgan fingerprint density at radius 1 is 1.02 bits per heavy atom. The fraction of sp³-hybridized carbons (Fsp3) is 0.290. The van der Waals surface area contributed by atoms with Gasteiger partial charge in [0.1, 0.15) is 30.3 Å². The summed E-state index contributed by atoms with van der Waals surface area (Å²) in [4.78, 5) is 26.2. The number of imidazole rings is 1. The zero-order valence-electron chi connectivity index (χ0n) is 23.4. The van der Waals surface area contributed by atoms with Gasteiger partial charge in [-0.15, -0.1) is 0 Å². The van der Waals surface area contributed by atoms with E-state index < -0.39 is 31.1 Å². The Labute approximate surface area is 262 Å². The second kappa shape index (κ2) is 13.3. The number of benzene rings is 3. The fourth-order valence-electron chi connectivity index (χ4n) is 5.29. The van der Waals surface area contributed by atoms with E-state index in [1.807, 2.05) is 12.1 Å². The Morgan fingerprint density at radius 2 is 1.82 bits per heavy atom. The van der Waals surface area contributed by atoms with Crippen LogP contribution in [-0.2, 0) is 16.1 Å². The molecule has 4 atom stereocenters. The molecule has 0 aliphatic carbocycles. The van der Waals surface area contributed by atoms with Gasteiger partial charge < -0.3 is 30.3 Å². The lowest BCUT2D eigenvalue weighted by atomic mass is 10.1. The standard InChI is InChI=1S/C31H30Cl2N6O5/c32-21-11-22(33)13-23(12-21)43-9-3-6-25(41)38-26-28(42)24(15-40)44-31(26)39-17-37-27-29(35-16-36-30(27)39)34-14-18-7-8-19-4-1-2-5-20(19)10-18/h1-2,4-5,7-8,10-13,16-17,24,26,28,31,40,42H,3,6,9,14-15H2,(H,38,41)(H,34,35,36)/t24-,26-,28-,31-/m1/s1. The van der Waals surface area contributed by atoms with E-state index in [-0.39, 0.29) is 18.9 Å². The van der Waals surface area contributed by atoms with Crippen molar-refractivity contribution in [1.82, 2.24) is 24.8 Å². The quantitative estimate of drug-likeness (QED) is 0.154. The minimum atomic E-state index is -1.16. The van der Waals surface area contributed by atoms with E-state index >= 15 is 0 Å². The van der Waals surface area contributed by atoms with E-state index in [2.05, 4.69) is 55.9 Å². The van der Waals surface area contributed by atoms with Crippen molar-refractivity contribution in [2.45, 2.75) is 43.9 Å². The minimum Gasteiger partial charge on any atom is -0.493 e. The Kier molecular flexibility index (Phi) is 9.10. The predicted molar refractivity (Wildman–Crippen MR) is 167 cm³/mol. The van der Waals surface area contributed by atoms with Gasteiger partial charge in [0.05, 0.1) is 19.5 Å². The largest absolute Gasteiger partial charge is 0.493 e. The van der Waals surface area contributed by atoms with Crippen molar-refractivity contribution in [2.24, 2.45) is 0 Å². The van der Waals surface area contributed by atoms with E-state index in [0.29, 0.717) is 45.7 Å². The number of hydrogen-bond acceptors (Lipinski definition) is 9. The van der Waals surface area contributed by atoms with Crippen molar-refractivity contribution >= 4 is 56.9 Å². The zero-order valence-corrected chi connectivity index (χ0v) is 24.9. The van der Waals surface area contributed by atoms with E-state index in [0.717, 1.165) is 16.3 Å². The first-order valence-corrected chi connectivity index (χ1v) is 14.9. The minimum absolute atomic E-state index is 0.129. The number of carbonyl (C=O) groups excluding carboxylic acids is 1. The van der Waals surface area contributed by atoms with Gasteiger partial charge in [0.15, 0.2) is 23.2 Å². The van der Waals surface area contributed by atoms with E-state index in [4.69, 9.17) is 32.7 Å². The molecular weight excluding hydrogens is 607 g/mol. The molecule has 11 nitrogen and oxygen atoms in total. The Hall–Kier alpha value is -4.00. The molecule has 0 unspecified atom stereocenters. The second-order valence-corrected chi connectivity index (χ2v) is 11.3. The molecule has 0 spiro atoms. The lowest BCUT2D eigenvalue weighted by Crippen LogP contribution is -2.46. The number of fused-ring (bicyclic) bond motifs is 2. The lowest BCUT2D eigenvalue weighted by Gasteiger charge is -2.23. The highest BCUT2D eigenvalue weighted by atomic mass is 35.5. The number of aliphatic hydroxyl groups is 2. The maximum atomic E-state index is 12.9. The summed E-state index contributed by atoms with van der Waals surface area (Å²) in [5.41, 5.74) is 2.03. The van der Waals surface area contributed by atoms with Gasteiger partial charge in [-0.1, -0.05) is 59.6 Å². The van der Waals surface area contributed by atoms with E-state index in [1.165, 1.54) is 12.7 Å². The number of amides is 1. The molecule has 0 radical (unpaired) electrons. The van der Waals surface area contributed by atoms with Crippen LogP contribution in [0.2, 0.25) is 10.0 Å². The zero-order chi connectivity index (χ0) is 30.6. The van der Waals surface area contributed by atoms with Crippen molar-refractivity contribution in [3.63, 3.8) is 0 Å². The first kappa shape index (κ1) is 30.0. The molecule has 1 fully saturated rings. The number of anilines is 1. The first-order chi connectivity index (χ1) is 21.4. The molecule has 1 saturated heterocycles. The summed E-state index contributed by atoms with van der Waals surface area (Å²) in [7, 11) is 0. The molecule has 44 heavy (non-hydrogen) atoms. The van der Waals surface area contributed by atoms with Crippen molar-refractivity contribution in [3.05, 3.63) is 88.9 Å². The molecule has 6 rings (SSSR count). The van der Waals surface area contributed by atoms with Gasteiger partial charge in [-0.2, -0.15) is 0 Å². The monoisotopic (exact) mass is 636 g/mol. The summed E-state index contributed by atoms with van der Waals surface area (Å²) < 4.78 is 13.3. The summed E-state index contributed by atoms with van der Waals surface area (Å²) >= 11 is 12.0. The van der Waals surface area contributed by atoms with Gasteiger partial charge >= 0.3 is 0 Å². The summed E-state index contributed by atoms with van der Waals surface area (Å²) in [6.45, 7) is 0.344. The topological polar surface area (TPSA) is 144 Å². The maximum absolute atomic E-state index is 12.9. The Bertz CT molecular complexity index is 1770.